The standard InChI is InChI=1S/C18H23F5N2O5/c1-7(30-8-4-17(19,20)5-8)11(24-15(29)18(21,22)23)13(26)25-6-9-10(16(9,2)3)12(25)14(27)28/h7-12H,4-6H2,1-3H3,(H,24,29)(H,27,28)/t7-,9+,10+,11+,12+/m1/s1. The minimum Gasteiger partial charge on any atom is -0.480 e. The Morgan fingerprint density at radius 2 is 1.77 bits per heavy atom. The van der Waals surface area contributed by atoms with Crippen LogP contribution in [0, 0.1) is 17.3 Å². The molecule has 0 aromatic heterocycles. The molecule has 0 unspecified atom stereocenters. The average molecular weight is 442 g/mol. The summed E-state index contributed by atoms with van der Waals surface area (Å²) in [6, 6.07) is -3.11. The van der Waals surface area contributed by atoms with E-state index >= 15 is 0 Å². The number of carbonyl (C=O) groups is 3. The Hall–Kier alpha value is -1.98. The molecule has 0 aromatic rings. The topological polar surface area (TPSA) is 95.9 Å². The number of alkyl halides is 5. The molecule has 2 aliphatic carbocycles. The van der Waals surface area contributed by atoms with Gasteiger partial charge in [0.2, 0.25) is 5.91 Å². The van der Waals surface area contributed by atoms with Crippen LogP contribution in [0.1, 0.15) is 33.6 Å². The van der Waals surface area contributed by atoms with Gasteiger partial charge in [0.25, 0.3) is 5.92 Å². The maximum absolute atomic E-state index is 13.0. The van der Waals surface area contributed by atoms with Gasteiger partial charge < -0.3 is 20.1 Å². The number of hydrogen-bond acceptors (Lipinski definition) is 4. The van der Waals surface area contributed by atoms with Crippen molar-refractivity contribution in [2.24, 2.45) is 17.3 Å². The van der Waals surface area contributed by atoms with Gasteiger partial charge in [-0.05, 0) is 18.3 Å². The number of ether oxygens (including phenoxy) is 1. The lowest BCUT2D eigenvalue weighted by atomic mass is 9.90. The normalized spacial score (nSPS) is 31.3. The number of piperidine rings is 1. The third-order valence-corrected chi connectivity index (χ3v) is 6.48. The molecule has 3 aliphatic rings. The van der Waals surface area contributed by atoms with Gasteiger partial charge in [0.1, 0.15) is 12.1 Å². The van der Waals surface area contributed by atoms with Gasteiger partial charge in [0.15, 0.2) is 0 Å². The third-order valence-electron chi connectivity index (χ3n) is 6.48. The van der Waals surface area contributed by atoms with E-state index in [-0.39, 0.29) is 23.8 Å². The molecule has 1 heterocycles. The number of aliphatic carboxylic acids is 1. The van der Waals surface area contributed by atoms with Crippen LogP contribution >= 0.6 is 0 Å². The van der Waals surface area contributed by atoms with Gasteiger partial charge in [-0.2, -0.15) is 13.2 Å². The average Bonchev–Trinajstić information content (AvgIpc) is 2.93. The van der Waals surface area contributed by atoms with E-state index < -0.39 is 67.0 Å². The molecule has 30 heavy (non-hydrogen) atoms. The maximum Gasteiger partial charge on any atom is 0.471 e. The fraction of sp³-hybridized carbons (Fsp3) is 0.833. The molecule has 2 N–H and O–H groups in total. The van der Waals surface area contributed by atoms with Crippen molar-refractivity contribution in [3.63, 3.8) is 0 Å². The minimum atomic E-state index is -5.29. The molecule has 1 aliphatic heterocycles. The number of carboxylic acids is 1. The van der Waals surface area contributed by atoms with Crippen molar-refractivity contribution in [3.8, 4) is 0 Å². The molecule has 170 valence electrons. The Bertz CT molecular complexity index is 748. The first-order valence-corrected chi connectivity index (χ1v) is 9.50. The van der Waals surface area contributed by atoms with Crippen molar-refractivity contribution < 1.29 is 46.2 Å². The van der Waals surface area contributed by atoms with Crippen LogP contribution in [-0.4, -0.2) is 70.7 Å². The Balaban J connectivity index is 1.78. The van der Waals surface area contributed by atoms with Crippen LogP contribution in [0.4, 0.5) is 22.0 Å². The molecule has 0 radical (unpaired) electrons. The molecule has 0 spiro atoms. The van der Waals surface area contributed by atoms with Crippen molar-refractivity contribution in [1.82, 2.24) is 10.2 Å². The Labute approximate surface area is 168 Å². The number of rotatable bonds is 6. The van der Waals surface area contributed by atoms with E-state index in [0.717, 1.165) is 4.90 Å². The summed E-state index contributed by atoms with van der Waals surface area (Å²) in [5.74, 6) is -8.18. The molecule has 0 aromatic carbocycles. The summed E-state index contributed by atoms with van der Waals surface area (Å²) < 4.78 is 69.6. The summed E-state index contributed by atoms with van der Waals surface area (Å²) in [4.78, 5) is 37.2. The summed E-state index contributed by atoms with van der Waals surface area (Å²) in [6.45, 7) is 4.88. The smallest absolute Gasteiger partial charge is 0.471 e. The van der Waals surface area contributed by atoms with Crippen LogP contribution in [0.15, 0.2) is 0 Å². The van der Waals surface area contributed by atoms with Gasteiger partial charge in [-0.25, -0.2) is 13.6 Å². The van der Waals surface area contributed by atoms with Crippen LogP contribution in [0.5, 0.6) is 0 Å². The SMILES string of the molecule is C[C@@H](OC1CC(F)(F)C1)[C@H](NC(=O)C(F)(F)F)C(=O)N1C[C@H]2[C@@H]([C@H]1C(=O)O)C2(C)C. The highest BCUT2D eigenvalue weighted by molar-refractivity contribution is 5.93. The van der Waals surface area contributed by atoms with Crippen molar-refractivity contribution >= 4 is 17.8 Å². The number of carboxylic acid groups (broad SMARTS) is 1. The number of fused-ring (bicyclic) bond motifs is 1. The lowest BCUT2D eigenvalue weighted by Gasteiger charge is -2.39. The Morgan fingerprint density at radius 3 is 2.23 bits per heavy atom. The Morgan fingerprint density at radius 1 is 1.20 bits per heavy atom. The Kier molecular flexibility index (Phi) is 5.32. The van der Waals surface area contributed by atoms with E-state index in [9.17, 15) is 41.4 Å². The quantitative estimate of drug-likeness (QED) is 0.612. The molecule has 0 bridgehead atoms. The number of amides is 2. The number of nitrogens with zero attached hydrogens (tertiary/aromatic N) is 1. The molecule has 12 heteroatoms. The number of halogens is 5. The highest BCUT2D eigenvalue weighted by atomic mass is 19.4. The van der Waals surface area contributed by atoms with Crippen molar-refractivity contribution in [2.75, 3.05) is 6.54 Å². The van der Waals surface area contributed by atoms with Crippen molar-refractivity contribution in [1.29, 1.82) is 0 Å². The van der Waals surface area contributed by atoms with Gasteiger partial charge in [-0.3, -0.25) is 9.59 Å². The summed E-state index contributed by atoms with van der Waals surface area (Å²) >= 11 is 0. The second-order valence-corrected chi connectivity index (χ2v) is 8.90. The predicted molar refractivity (Wildman–Crippen MR) is 90.4 cm³/mol. The molecule has 3 rings (SSSR count). The van der Waals surface area contributed by atoms with Crippen LogP contribution < -0.4 is 5.32 Å². The monoisotopic (exact) mass is 442 g/mol. The second-order valence-electron chi connectivity index (χ2n) is 8.90. The molecule has 7 nitrogen and oxygen atoms in total. The first kappa shape index (κ1) is 22.7. The van der Waals surface area contributed by atoms with Gasteiger partial charge in [-0.1, -0.05) is 13.8 Å². The largest absolute Gasteiger partial charge is 0.480 e. The van der Waals surface area contributed by atoms with Crippen LogP contribution in [-0.2, 0) is 19.1 Å². The number of hydrogen-bond donors (Lipinski definition) is 2. The van der Waals surface area contributed by atoms with E-state index in [1.807, 2.05) is 13.8 Å². The predicted octanol–water partition coefficient (Wildman–Crippen LogP) is 1.80. The van der Waals surface area contributed by atoms with E-state index in [0.29, 0.717) is 0 Å². The van der Waals surface area contributed by atoms with E-state index in [4.69, 9.17) is 4.74 Å². The summed E-state index contributed by atoms with van der Waals surface area (Å²) in [5.41, 5.74) is -0.329. The third kappa shape index (κ3) is 3.97. The summed E-state index contributed by atoms with van der Waals surface area (Å²) in [5, 5.41) is 11.1. The molecule has 2 amide bonds. The molecular weight excluding hydrogens is 419 g/mol. The second kappa shape index (κ2) is 7.03. The highest BCUT2D eigenvalue weighted by Gasteiger charge is 2.70. The molecular formula is C18H23F5N2O5. The van der Waals surface area contributed by atoms with Crippen LogP contribution in [0.2, 0.25) is 0 Å². The van der Waals surface area contributed by atoms with Gasteiger partial charge >= 0.3 is 18.1 Å². The first-order chi connectivity index (χ1) is 13.6. The maximum atomic E-state index is 13.0. The zero-order valence-corrected chi connectivity index (χ0v) is 16.5. The summed E-state index contributed by atoms with van der Waals surface area (Å²) in [7, 11) is 0. The van der Waals surface area contributed by atoms with Gasteiger partial charge in [0.05, 0.1) is 12.2 Å². The lowest BCUT2D eigenvalue weighted by Crippen LogP contribution is -2.60. The van der Waals surface area contributed by atoms with Gasteiger partial charge in [-0.15, -0.1) is 0 Å². The number of carbonyl (C=O) groups excluding carboxylic acids is 2. The molecule has 5 atom stereocenters. The fourth-order valence-corrected chi connectivity index (χ4v) is 4.66. The molecule has 1 saturated heterocycles. The van der Waals surface area contributed by atoms with Gasteiger partial charge in [0, 0.05) is 25.3 Å². The highest BCUT2D eigenvalue weighted by Crippen LogP contribution is 2.64. The van der Waals surface area contributed by atoms with Crippen LogP contribution in [0.3, 0.4) is 0 Å². The first-order valence-electron chi connectivity index (χ1n) is 9.50. The fourth-order valence-electron chi connectivity index (χ4n) is 4.66. The van der Waals surface area contributed by atoms with E-state index in [1.54, 1.807) is 5.32 Å². The molecule has 2 saturated carbocycles. The van der Waals surface area contributed by atoms with E-state index in [1.165, 1.54) is 6.92 Å². The summed E-state index contributed by atoms with van der Waals surface area (Å²) in [6.07, 6.45) is -8.93. The minimum absolute atomic E-state index is 0.0140. The van der Waals surface area contributed by atoms with Crippen LogP contribution in [0.25, 0.3) is 0 Å². The lowest BCUT2D eigenvalue weighted by molar-refractivity contribution is -0.191. The zero-order valence-electron chi connectivity index (χ0n) is 16.5. The zero-order chi connectivity index (χ0) is 22.8. The molecule has 3 fully saturated rings. The van der Waals surface area contributed by atoms with Crippen molar-refractivity contribution in [2.45, 2.75) is 70.0 Å². The van der Waals surface area contributed by atoms with Crippen molar-refractivity contribution in [3.05, 3.63) is 0 Å². The number of nitrogens with one attached hydrogen (secondary N) is 1. The van der Waals surface area contributed by atoms with E-state index in [2.05, 4.69) is 0 Å². The number of likely N-dealkylation sites (tertiary alicyclic amines) is 1.